The number of hydrogen-bond acceptors (Lipinski definition) is 8. The number of rotatable bonds is 5. The van der Waals surface area contributed by atoms with Gasteiger partial charge in [-0.3, -0.25) is 0 Å². The molecule has 10 heteroatoms. The normalized spacial score (nSPS) is 18.4. The van der Waals surface area contributed by atoms with Crippen LogP contribution in [0.5, 0.6) is 5.88 Å². The summed E-state index contributed by atoms with van der Waals surface area (Å²) in [6.07, 6.45) is 0.740. The fourth-order valence-electron chi connectivity index (χ4n) is 2.95. The molecule has 1 aromatic carbocycles. The Balaban J connectivity index is 1.46. The molecule has 0 bridgehead atoms. The van der Waals surface area contributed by atoms with Crippen molar-refractivity contribution in [1.82, 2.24) is 23.2 Å². The van der Waals surface area contributed by atoms with E-state index in [1.165, 1.54) is 4.31 Å². The van der Waals surface area contributed by atoms with E-state index in [4.69, 9.17) is 4.74 Å². The minimum absolute atomic E-state index is 0.112. The van der Waals surface area contributed by atoms with Gasteiger partial charge in [0.15, 0.2) is 0 Å². The van der Waals surface area contributed by atoms with E-state index in [0.717, 1.165) is 23.8 Å². The summed E-state index contributed by atoms with van der Waals surface area (Å²) < 4.78 is 41.4. The molecule has 1 fully saturated rings. The van der Waals surface area contributed by atoms with Crippen LogP contribution >= 0.6 is 11.7 Å². The van der Waals surface area contributed by atoms with Crippen molar-refractivity contribution < 1.29 is 13.2 Å². The first-order valence-electron chi connectivity index (χ1n) is 8.18. The lowest BCUT2D eigenvalue weighted by Gasteiger charge is -2.17. The van der Waals surface area contributed by atoms with Crippen molar-refractivity contribution in [2.24, 2.45) is 5.92 Å². The van der Waals surface area contributed by atoms with E-state index in [1.807, 2.05) is 13.0 Å². The van der Waals surface area contributed by atoms with E-state index in [1.54, 1.807) is 24.3 Å². The Labute approximate surface area is 155 Å². The van der Waals surface area contributed by atoms with Gasteiger partial charge in [0.25, 0.3) is 0 Å². The smallest absolute Gasteiger partial charge is 0.245 e. The number of benzene rings is 1. The van der Waals surface area contributed by atoms with Crippen LogP contribution in [0.4, 0.5) is 0 Å². The predicted molar refractivity (Wildman–Crippen MR) is 96.5 cm³/mol. The van der Waals surface area contributed by atoms with Crippen molar-refractivity contribution in [3.05, 3.63) is 36.0 Å². The van der Waals surface area contributed by atoms with Crippen LogP contribution in [-0.2, 0) is 10.0 Å². The largest absolute Gasteiger partial charge is 0.476 e. The van der Waals surface area contributed by atoms with E-state index in [-0.39, 0.29) is 10.8 Å². The SMILES string of the molecule is Cc1ccc(OCC2CCN(S(=O)(=O)c3cccc4nsnc34)C2)nn1. The number of sulfonamides is 1. The average Bonchev–Trinajstić information content (AvgIpc) is 3.30. The molecule has 4 rings (SSSR count). The van der Waals surface area contributed by atoms with E-state index in [9.17, 15) is 8.42 Å². The molecule has 1 aliphatic rings. The van der Waals surface area contributed by atoms with Crippen molar-refractivity contribution >= 4 is 32.8 Å². The van der Waals surface area contributed by atoms with Gasteiger partial charge in [-0.15, -0.1) is 5.10 Å². The van der Waals surface area contributed by atoms with Gasteiger partial charge in [-0.1, -0.05) is 6.07 Å². The van der Waals surface area contributed by atoms with E-state index < -0.39 is 10.0 Å². The fraction of sp³-hybridized carbons (Fsp3) is 0.375. The van der Waals surface area contributed by atoms with Gasteiger partial charge in [-0.05, 0) is 31.5 Å². The zero-order valence-electron chi connectivity index (χ0n) is 14.1. The first kappa shape index (κ1) is 17.3. The van der Waals surface area contributed by atoms with Crippen LogP contribution < -0.4 is 4.74 Å². The lowest BCUT2D eigenvalue weighted by atomic mass is 10.1. The summed E-state index contributed by atoms with van der Waals surface area (Å²) in [6.45, 7) is 3.14. The van der Waals surface area contributed by atoms with E-state index in [2.05, 4.69) is 18.9 Å². The molecular weight excluding hydrogens is 374 g/mol. The third-order valence-corrected chi connectivity index (χ3v) is 6.80. The molecule has 1 saturated heterocycles. The maximum Gasteiger partial charge on any atom is 0.245 e. The van der Waals surface area contributed by atoms with Crippen molar-refractivity contribution in [1.29, 1.82) is 0 Å². The second-order valence-electron chi connectivity index (χ2n) is 6.23. The summed E-state index contributed by atoms with van der Waals surface area (Å²) in [5.41, 5.74) is 1.86. The fourth-order valence-corrected chi connectivity index (χ4v) is 5.23. The molecule has 0 N–H and O–H groups in total. The summed E-state index contributed by atoms with van der Waals surface area (Å²) in [5.74, 6) is 0.566. The highest BCUT2D eigenvalue weighted by Gasteiger charge is 2.34. The van der Waals surface area contributed by atoms with Crippen LogP contribution in [-0.4, -0.2) is 51.4 Å². The molecule has 0 radical (unpaired) electrons. The first-order chi connectivity index (χ1) is 12.5. The van der Waals surface area contributed by atoms with Gasteiger partial charge in [0.1, 0.15) is 15.9 Å². The van der Waals surface area contributed by atoms with Crippen molar-refractivity contribution in [2.75, 3.05) is 19.7 Å². The molecule has 1 atom stereocenters. The monoisotopic (exact) mass is 391 g/mol. The molecule has 0 spiro atoms. The maximum absolute atomic E-state index is 13.0. The van der Waals surface area contributed by atoms with Crippen LogP contribution in [0.3, 0.4) is 0 Å². The highest BCUT2D eigenvalue weighted by molar-refractivity contribution is 7.89. The summed E-state index contributed by atoms with van der Waals surface area (Å²) in [7, 11) is -3.60. The molecule has 136 valence electrons. The van der Waals surface area contributed by atoms with Gasteiger partial charge in [0, 0.05) is 25.1 Å². The third-order valence-electron chi connectivity index (χ3n) is 4.36. The molecule has 8 nitrogen and oxygen atoms in total. The zero-order valence-corrected chi connectivity index (χ0v) is 15.7. The molecule has 26 heavy (non-hydrogen) atoms. The number of hydrogen-bond donors (Lipinski definition) is 0. The molecule has 3 aromatic rings. The molecule has 3 heterocycles. The van der Waals surface area contributed by atoms with Gasteiger partial charge >= 0.3 is 0 Å². The molecule has 2 aromatic heterocycles. The zero-order chi connectivity index (χ0) is 18.1. The lowest BCUT2D eigenvalue weighted by molar-refractivity contribution is 0.244. The van der Waals surface area contributed by atoms with Crippen LogP contribution in [0, 0.1) is 12.8 Å². The molecule has 1 aliphatic heterocycles. The number of aryl methyl sites for hydroxylation is 1. The van der Waals surface area contributed by atoms with E-state index >= 15 is 0 Å². The van der Waals surface area contributed by atoms with Gasteiger partial charge in [0.2, 0.25) is 15.9 Å². The Hall–Kier alpha value is -2.17. The van der Waals surface area contributed by atoms with Crippen LogP contribution in [0.15, 0.2) is 35.2 Å². The Kier molecular flexibility index (Phi) is 4.55. The summed E-state index contributed by atoms with van der Waals surface area (Å²) >= 11 is 1.02. The van der Waals surface area contributed by atoms with Crippen LogP contribution in [0.1, 0.15) is 12.1 Å². The molecule has 0 aliphatic carbocycles. The maximum atomic E-state index is 13.0. The number of ether oxygens (including phenoxy) is 1. The molecule has 0 amide bonds. The second-order valence-corrected chi connectivity index (χ2v) is 8.66. The minimum atomic E-state index is -3.60. The lowest BCUT2D eigenvalue weighted by Crippen LogP contribution is -2.30. The first-order valence-corrected chi connectivity index (χ1v) is 10.4. The molecule has 0 saturated carbocycles. The van der Waals surface area contributed by atoms with Gasteiger partial charge < -0.3 is 4.74 Å². The molecular formula is C16H17N5O3S2. The quantitative estimate of drug-likeness (QED) is 0.655. The summed E-state index contributed by atoms with van der Waals surface area (Å²) in [6, 6.07) is 8.65. The van der Waals surface area contributed by atoms with Gasteiger partial charge in [-0.25, -0.2) is 8.42 Å². The van der Waals surface area contributed by atoms with Crippen molar-refractivity contribution in [3.8, 4) is 5.88 Å². The standard InChI is InChI=1S/C16H17N5O3S2/c1-11-5-6-15(18-17-11)24-10-12-7-8-21(9-12)26(22,23)14-4-2-3-13-16(14)20-25-19-13/h2-6,12H,7-10H2,1H3. The Morgan fingerprint density at radius 2 is 2.12 bits per heavy atom. The van der Waals surface area contributed by atoms with Crippen LogP contribution in [0.2, 0.25) is 0 Å². The number of aromatic nitrogens is 4. The Morgan fingerprint density at radius 3 is 2.92 bits per heavy atom. The Morgan fingerprint density at radius 1 is 1.23 bits per heavy atom. The van der Waals surface area contributed by atoms with Gasteiger partial charge in [-0.2, -0.15) is 18.2 Å². The van der Waals surface area contributed by atoms with E-state index in [0.29, 0.717) is 36.6 Å². The average molecular weight is 391 g/mol. The topological polar surface area (TPSA) is 98.2 Å². The summed E-state index contributed by atoms with van der Waals surface area (Å²) in [5, 5.41) is 7.91. The highest BCUT2D eigenvalue weighted by Crippen LogP contribution is 2.28. The van der Waals surface area contributed by atoms with Crippen molar-refractivity contribution in [3.63, 3.8) is 0 Å². The van der Waals surface area contributed by atoms with Gasteiger partial charge in [0.05, 0.1) is 24.0 Å². The number of fused-ring (bicyclic) bond motifs is 1. The Bertz CT molecular complexity index is 1020. The molecule has 1 unspecified atom stereocenters. The highest BCUT2D eigenvalue weighted by atomic mass is 32.2. The van der Waals surface area contributed by atoms with Crippen LogP contribution in [0.25, 0.3) is 11.0 Å². The minimum Gasteiger partial charge on any atom is -0.476 e. The second kappa shape index (κ2) is 6.86. The third kappa shape index (κ3) is 3.27. The number of nitrogens with zero attached hydrogens (tertiary/aromatic N) is 5. The predicted octanol–water partition coefficient (Wildman–Crippen LogP) is 1.88. The summed E-state index contributed by atoms with van der Waals surface area (Å²) in [4.78, 5) is 0.217. The van der Waals surface area contributed by atoms with Crippen molar-refractivity contribution in [2.45, 2.75) is 18.2 Å².